The molecule has 0 saturated carbocycles. The summed E-state index contributed by atoms with van der Waals surface area (Å²) in [5, 5.41) is 11.6. The van der Waals surface area contributed by atoms with Crippen molar-refractivity contribution in [3.8, 4) is 0 Å². The molecule has 0 bridgehead atoms. The summed E-state index contributed by atoms with van der Waals surface area (Å²) in [6.07, 6.45) is 4.83. The van der Waals surface area contributed by atoms with Gasteiger partial charge < -0.3 is 5.32 Å². The van der Waals surface area contributed by atoms with Gasteiger partial charge in [0.25, 0.3) is 0 Å². The predicted octanol–water partition coefficient (Wildman–Crippen LogP) is 3.69. The Bertz CT molecular complexity index is 1160. The fourth-order valence-electron chi connectivity index (χ4n) is 5.05. The Morgan fingerprint density at radius 3 is 2.55 bits per heavy atom. The number of para-hydroxylation sites is 1. The molecule has 7 nitrogen and oxygen atoms in total. The average Bonchev–Trinajstić information content (AvgIpc) is 3.16. The van der Waals surface area contributed by atoms with Crippen LogP contribution in [0, 0.1) is 0 Å². The molecule has 1 unspecified atom stereocenters. The van der Waals surface area contributed by atoms with Crippen LogP contribution in [0.4, 0.5) is 5.69 Å². The highest BCUT2D eigenvalue weighted by molar-refractivity contribution is 6.03. The molecule has 7 heteroatoms. The number of hydrogen-bond acceptors (Lipinski definition) is 5. The molecule has 3 aromatic rings. The van der Waals surface area contributed by atoms with Gasteiger partial charge in [-0.1, -0.05) is 42.8 Å². The zero-order valence-corrected chi connectivity index (χ0v) is 19.1. The van der Waals surface area contributed by atoms with Crippen LogP contribution in [0.25, 0.3) is 10.9 Å². The lowest BCUT2D eigenvalue weighted by Crippen LogP contribution is -2.39. The molecule has 5 rings (SSSR count). The minimum absolute atomic E-state index is 0.208. The maximum Gasteiger partial charge on any atom is 0.235 e. The Hall–Kier alpha value is -3.19. The van der Waals surface area contributed by atoms with Gasteiger partial charge in [-0.15, -0.1) is 0 Å². The highest BCUT2D eigenvalue weighted by Crippen LogP contribution is 2.33. The molecule has 2 aliphatic heterocycles. The van der Waals surface area contributed by atoms with Crippen LogP contribution in [0.3, 0.4) is 0 Å². The molecule has 172 valence electrons. The van der Waals surface area contributed by atoms with E-state index in [2.05, 4.69) is 44.9 Å². The first-order valence-corrected chi connectivity index (χ1v) is 11.9. The van der Waals surface area contributed by atoms with Crippen LogP contribution in [-0.4, -0.2) is 39.6 Å². The molecule has 2 amide bonds. The Balaban J connectivity index is 1.30. The number of piperidine rings is 2. The monoisotopic (exact) mass is 445 g/mol. The van der Waals surface area contributed by atoms with Crippen LogP contribution in [-0.2, 0) is 29.7 Å². The Labute approximate surface area is 194 Å². The van der Waals surface area contributed by atoms with Crippen molar-refractivity contribution in [2.45, 2.75) is 51.1 Å². The van der Waals surface area contributed by atoms with Crippen molar-refractivity contribution < 1.29 is 9.59 Å². The number of carbonyl (C=O) groups excluding carboxylic acids is 2. The number of nitrogens with one attached hydrogen (secondary N) is 2. The number of anilines is 1. The van der Waals surface area contributed by atoms with Gasteiger partial charge in [0.1, 0.15) is 0 Å². The Kier molecular flexibility index (Phi) is 6.13. The van der Waals surface area contributed by atoms with Crippen molar-refractivity contribution in [2.24, 2.45) is 7.05 Å². The minimum atomic E-state index is -0.394. The maximum atomic E-state index is 12.4. The lowest BCUT2D eigenvalue weighted by atomic mass is 9.92. The maximum absolute atomic E-state index is 12.4. The number of aryl methyl sites for hydroxylation is 1. The first-order chi connectivity index (χ1) is 16.1. The van der Waals surface area contributed by atoms with Gasteiger partial charge in [-0.05, 0) is 49.5 Å². The molecule has 0 aliphatic carbocycles. The van der Waals surface area contributed by atoms with Crippen molar-refractivity contribution in [3.05, 3.63) is 59.3 Å². The van der Waals surface area contributed by atoms with Crippen molar-refractivity contribution >= 4 is 28.4 Å². The summed E-state index contributed by atoms with van der Waals surface area (Å²) in [6.45, 7) is 4.16. The molecule has 0 radical (unpaired) electrons. The third-order valence-electron chi connectivity index (χ3n) is 6.82. The first kappa shape index (κ1) is 21.6. The lowest BCUT2D eigenvalue weighted by molar-refractivity contribution is -0.134. The zero-order valence-electron chi connectivity index (χ0n) is 19.1. The van der Waals surface area contributed by atoms with Crippen LogP contribution in [0.1, 0.15) is 54.8 Å². The van der Waals surface area contributed by atoms with Crippen LogP contribution in [0.2, 0.25) is 0 Å². The number of benzene rings is 2. The largest absolute Gasteiger partial charge is 0.379 e. The number of hydrogen-bond donors (Lipinski definition) is 2. The zero-order chi connectivity index (χ0) is 22.8. The molecule has 2 aliphatic rings. The van der Waals surface area contributed by atoms with Gasteiger partial charge in [0.15, 0.2) is 0 Å². The molecular formula is C26H31N5O2. The summed E-state index contributed by atoms with van der Waals surface area (Å²) in [5.74, 6) is -0.857. The van der Waals surface area contributed by atoms with E-state index < -0.39 is 5.92 Å². The number of nitrogens with zero attached hydrogens (tertiary/aromatic N) is 3. The fourth-order valence-corrected chi connectivity index (χ4v) is 5.05. The summed E-state index contributed by atoms with van der Waals surface area (Å²) in [7, 11) is 1.90. The highest BCUT2D eigenvalue weighted by atomic mass is 16.2. The topological polar surface area (TPSA) is 79.3 Å². The lowest BCUT2D eigenvalue weighted by Gasteiger charge is -2.26. The van der Waals surface area contributed by atoms with Gasteiger partial charge in [-0.2, -0.15) is 5.10 Å². The molecule has 2 aromatic carbocycles. The molecule has 1 aromatic heterocycles. The number of likely N-dealkylation sites (tertiary alicyclic amines) is 1. The average molecular weight is 446 g/mol. The summed E-state index contributed by atoms with van der Waals surface area (Å²) >= 11 is 0. The van der Waals surface area contributed by atoms with Crippen LogP contribution in [0.5, 0.6) is 0 Å². The normalized spacial score (nSPS) is 19.6. The van der Waals surface area contributed by atoms with Gasteiger partial charge >= 0.3 is 0 Å². The number of imide groups is 1. The second-order valence-electron chi connectivity index (χ2n) is 9.22. The second-order valence-corrected chi connectivity index (χ2v) is 9.22. The molecular weight excluding hydrogens is 414 g/mol. The van der Waals surface area contributed by atoms with Gasteiger partial charge in [0.05, 0.1) is 22.8 Å². The quantitative estimate of drug-likeness (QED) is 0.566. The van der Waals surface area contributed by atoms with Crippen LogP contribution < -0.4 is 10.6 Å². The van der Waals surface area contributed by atoms with Gasteiger partial charge in [-0.3, -0.25) is 24.5 Å². The highest BCUT2D eigenvalue weighted by Gasteiger charge is 2.31. The Morgan fingerprint density at radius 1 is 1.03 bits per heavy atom. The number of carbonyl (C=O) groups is 2. The summed E-state index contributed by atoms with van der Waals surface area (Å²) < 4.78 is 1.83. The summed E-state index contributed by atoms with van der Waals surface area (Å²) in [4.78, 5) is 26.5. The van der Waals surface area contributed by atoms with E-state index >= 15 is 0 Å². The molecule has 33 heavy (non-hydrogen) atoms. The standard InChI is InChI=1S/C26H31N5O2/c1-30-25-20(24(29-30)21-12-13-23(32)28-26(21)33)6-5-7-22(25)27-16-18-8-10-19(11-9-18)17-31-14-3-2-4-15-31/h5-11,21,27H,2-4,12-17H2,1H3,(H,28,32,33). The number of aromatic nitrogens is 2. The van der Waals surface area contributed by atoms with E-state index in [1.165, 1.54) is 43.5 Å². The van der Waals surface area contributed by atoms with E-state index in [-0.39, 0.29) is 11.8 Å². The second kappa shape index (κ2) is 9.35. The summed E-state index contributed by atoms with van der Waals surface area (Å²) in [6, 6.07) is 14.9. The molecule has 3 heterocycles. The van der Waals surface area contributed by atoms with E-state index in [0.29, 0.717) is 19.4 Å². The van der Waals surface area contributed by atoms with Crippen LogP contribution in [0.15, 0.2) is 42.5 Å². The van der Waals surface area contributed by atoms with Crippen molar-refractivity contribution in [3.63, 3.8) is 0 Å². The van der Waals surface area contributed by atoms with Crippen molar-refractivity contribution in [2.75, 3.05) is 18.4 Å². The van der Waals surface area contributed by atoms with Crippen molar-refractivity contribution in [1.82, 2.24) is 20.0 Å². The number of rotatable bonds is 6. The number of amides is 2. The smallest absolute Gasteiger partial charge is 0.235 e. The summed E-state index contributed by atoms with van der Waals surface area (Å²) in [5.41, 5.74) is 5.28. The third kappa shape index (κ3) is 4.64. The van der Waals surface area contributed by atoms with Crippen LogP contribution >= 0.6 is 0 Å². The van der Waals surface area contributed by atoms with E-state index in [9.17, 15) is 9.59 Å². The SMILES string of the molecule is Cn1nc(C2CCC(=O)NC2=O)c2cccc(NCc3ccc(CN4CCCCC4)cc3)c21. The van der Waals surface area contributed by atoms with Gasteiger partial charge in [-0.25, -0.2) is 0 Å². The van der Waals surface area contributed by atoms with E-state index in [4.69, 9.17) is 0 Å². The van der Waals surface area contributed by atoms with E-state index in [1.54, 1.807) is 0 Å². The van der Waals surface area contributed by atoms with Crippen molar-refractivity contribution in [1.29, 1.82) is 0 Å². The molecule has 1 atom stereocenters. The number of fused-ring (bicyclic) bond motifs is 1. The van der Waals surface area contributed by atoms with Gasteiger partial charge in [0, 0.05) is 31.9 Å². The molecule has 2 saturated heterocycles. The van der Waals surface area contributed by atoms with Gasteiger partial charge in [0.2, 0.25) is 11.8 Å². The molecule has 0 spiro atoms. The minimum Gasteiger partial charge on any atom is -0.379 e. The molecule has 2 N–H and O–H groups in total. The van der Waals surface area contributed by atoms with E-state index in [0.717, 1.165) is 28.8 Å². The first-order valence-electron chi connectivity index (χ1n) is 11.9. The Morgan fingerprint density at radius 2 is 1.79 bits per heavy atom. The predicted molar refractivity (Wildman–Crippen MR) is 129 cm³/mol. The molecule has 2 fully saturated rings. The third-order valence-corrected chi connectivity index (χ3v) is 6.82. The fraction of sp³-hybridized carbons (Fsp3) is 0.423. The van der Waals surface area contributed by atoms with E-state index in [1.807, 2.05) is 29.9 Å².